The van der Waals surface area contributed by atoms with E-state index >= 15 is 0 Å². The molecule has 0 aromatic heterocycles. The van der Waals surface area contributed by atoms with Crippen molar-refractivity contribution < 1.29 is 19.1 Å². The normalized spacial score (nSPS) is 9.38. The summed E-state index contributed by atoms with van der Waals surface area (Å²) < 4.78 is 4.28. The Labute approximate surface area is 77.3 Å². The molecule has 0 rings (SSSR count). The van der Waals surface area contributed by atoms with E-state index in [2.05, 4.69) is 4.74 Å². The summed E-state index contributed by atoms with van der Waals surface area (Å²) >= 11 is 0. The molecule has 0 aliphatic carbocycles. The molecule has 4 nitrogen and oxygen atoms in total. The maximum Gasteiger partial charge on any atom is 0.382 e. The van der Waals surface area contributed by atoms with Crippen LogP contribution in [0.5, 0.6) is 0 Å². The van der Waals surface area contributed by atoms with Gasteiger partial charge in [-0.2, -0.15) is 0 Å². The predicted octanol–water partition coefficient (Wildman–Crippen LogP) is 1.23. The Hall–Kier alpha value is -1.19. The van der Waals surface area contributed by atoms with Crippen LogP contribution in [0.3, 0.4) is 0 Å². The Kier molecular flexibility index (Phi) is 5.76. The minimum atomic E-state index is -1.03. The molecule has 74 valence electrons. The van der Waals surface area contributed by atoms with Gasteiger partial charge in [0.05, 0.1) is 0 Å². The standard InChI is InChI=1S/C9H14O4/c1-3-5-7(10)9(12)13-8(11)6-4-2/h3-6H2,1-2H3. The molecule has 0 saturated heterocycles. The fourth-order valence-corrected chi connectivity index (χ4v) is 0.745. The lowest BCUT2D eigenvalue weighted by Gasteiger charge is -1.99. The molecule has 0 amide bonds. The molecule has 0 bridgehead atoms. The van der Waals surface area contributed by atoms with Crippen LogP contribution < -0.4 is 0 Å². The molecule has 0 atom stereocenters. The predicted molar refractivity (Wildman–Crippen MR) is 45.9 cm³/mol. The van der Waals surface area contributed by atoms with E-state index in [-0.39, 0.29) is 12.8 Å². The Balaban J connectivity index is 3.86. The summed E-state index contributed by atoms with van der Waals surface area (Å²) in [5.41, 5.74) is 0. The van der Waals surface area contributed by atoms with Crippen LogP contribution in [0, 0.1) is 0 Å². The van der Waals surface area contributed by atoms with E-state index < -0.39 is 17.7 Å². The van der Waals surface area contributed by atoms with Crippen molar-refractivity contribution >= 4 is 17.7 Å². The van der Waals surface area contributed by atoms with E-state index in [4.69, 9.17) is 0 Å². The van der Waals surface area contributed by atoms with Crippen LogP contribution in [0.2, 0.25) is 0 Å². The van der Waals surface area contributed by atoms with E-state index in [1.165, 1.54) is 0 Å². The topological polar surface area (TPSA) is 60.4 Å². The second-order valence-corrected chi connectivity index (χ2v) is 2.68. The zero-order chi connectivity index (χ0) is 10.3. The highest BCUT2D eigenvalue weighted by atomic mass is 16.6. The number of carbonyl (C=O) groups excluding carboxylic acids is 3. The molecule has 0 N–H and O–H groups in total. The number of hydrogen-bond acceptors (Lipinski definition) is 4. The molecule has 0 aromatic rings. The Morgan fingerprint density at radius 1 is 1.00 bits per heavy atom. The molecule has 0 aliphatic rings. The second-order valence-electron chi connectivity index (χ2n) is 2.68. The van der Waals surface area contributed by atoms with Crippen LogP contribution in [-0.2, 0) is 19.1 Å². The number of rotatable bonds is 5. The quantitative estimate of drug-likeness (QED) is 0.368. The Bertz CT molecular complexity index is 208. The van der Waals surface area contributed by atoms with Crippen molar-refractivity contribution in [2.45, 2.75) is 39.5 Å². The van der Waals surface area contributed by atoms with Gasteiger partial charge in [0.15, 0.2) is 0 Å². The van der Waals surface area contributed by atoms with Crippen molar-refractivity contribution in [1.29, 1.82) is 0 Å². The van der Waals surface area contributed by atoms with Gasteiger partial charge >= 0.3 is 11.9 Å². The molecule has 0 aromatic carbocycles. The Morgan fingerprint density at radius 2 is 1.54 bits per heavy atom. The molecule has 0 aliphatic heterocycles. The Morgan fingerprint density at radius 3 is 2.00 bits per heavy atom. The highest BCUT2D eigenvalue weighted by Gasteiger charge is 2.17. The molecule has 0 saturated carbocycles. The van der Waals surface area contributed by atoms with Gasteiger partial charge in [0.25, 0.3) is 0 Å². The monoisotopic (exact) mass is 186 g/mol. The van der Waals surface area contributed by atoms with Gasteiger partial charge in [-0.3, -0.25) is 9.59 Å². The highest BCUT2D eigenvalue weighted by molar-refractivity contribution is 6.35. The number of hydrogen-bond donors (Lipinski definition) is 0. The minimum absolute atomic E-state index is 0.137. The third kappa shape index (κ3) is 5.11. The van der Waals surface area contributed by atoms with Crippen LogP contribution in [0.15, 0.2) is 0 Å². The van der Waals surface area contributed by atoms with Gasteiger partial charge in [-0.25, -0.2) is 4.79 Å². The lowest BCUT2D eigenvalue weighted by atomic mass is 10.2. The number of ether oxygens (including phenoxy) is 1. The van der Waals surface area contributed by atoms with E-state index in [9.17, 15) is 14.4 Å². The van der Waals surface area contributed by atoms with Gasteiger partial charge in [0, 0.05) is 12.8 Å². The van der Waals surface area contributed by atoms with Gasteiger partial charge in [-0.15, -0.1) is 0 Å². The third-order valence-corrected chi connectivity index (χ3v) is 1.37. The van der Waals surface area contributed by atoms with Crippen LogP contribution in [0.25, 0.3) is 0 Å². The fourth-order valence-electron chi connectivity index (χ4n) is 0.745. The fraction of sp³-hybridized carbons (Fsp3) is 0.667. The van der Waals surface area contributed by atoms with Crippen molar-refractivity contribution in [1.82, 2.24) is 0 Å². The molecule has 0 heterocycles. The zero-order valence-corrected chi connectivity index (χ0v) is 7.96. The SMILES string of the molecule is CCCC(=O)OC(=O)C(=O)CCC. The zero-order valence-electron chi connectivity index (χ0n) is 7.96. The summed E-state index contributed by atoms with van der Waals surface area (Å²) in [4.78, 5) is 32.4. The summed E-state index contributed by atoms with van der Waals surface area (Å²) in [6.45, 7) is 3.57. The summed E-state index contributed by atoms with van der Waals surface area (Å²) in [7, 11) is 0. The average Bonchev–Trinajstić information content (AvgIpc) is 2.05. The first-order valence-corrected chi connectivity index (χ1v) is 4.39. The van der Waals surface area contributed by atoms with Crippen LogP contribution in [-0.4, -0.2) is 17.7 Å². The van der Waals surface area contributed by atoms with Crippen molar-refractivity contribution in [2.75, 3.05) is 0 Å². The average molecular weight is 186 g/mol. The summed E-state index contributed by atoms with van der Waals surface area (Å²) in [5.74, 6) is -2.29. The van der Waals surface area contributed by atoms with E-state index in [0.717, 1.165) is 0 Å². The summed E-state index contributed by atoms with van der Waals surface area (Å²) in [5, 5.41) is 0. The molecule has 0 unspecified atom stereocenters. The number of Topliss-reactive ketones (excluding diaryl/α,β-unsaturated/α-hetero) is 1. The molecular formula is C9H14O4. The third-order valence-electron chi connectivity index (χ3n) is 1.37. The molecular weight excluding hydrogens is 172 g/mol. The smallest absolute Gasteiger partial charge is 0.382 e. The van der Waals surface area contributed by atoms with E-state index in [0.29, 0.717) is 12.8 Å². The molecule has 4 heteroatoms. The lowest BCUT2D eigenvalue weighted by molar-refractivity contribution is -0.164. The first kappa shape index (κ1) is 11.8. The van der Waals surface area contributed by atoms with Gasteiger partial charge < -0.3 is 4.74 Å². The van der Waals surface area contributed by atoms with E-state index in [1.54, 1.807) is 13.8 Å². The first-order chi connectivity index (χ1) is 6.11. The molecule has 13 heavy (non-hydrogen) atoms. The maximum atomic E-state index is 10.9. The van der Waals surface area contributed by atoms with Crippen molar-refractivity contribution in [3.8, 4) is 0 Å². The van der Waals surface area contributed by atoms with Crippen LogP contribution in [0.4, 0.5) is 0 Å². The first-order valence-electron chi connectivity index (χ1n) is 4.39. The molecule has 0 spiro atoms. The van der Waals surface area contributed by atoms with Crippen LogP contribution in [0.1, 0.15) is 39.5 Å². The van der Waals surface area contributed by atoms with Crippen molar-refractivity contribution in [3.63, 3.8) is 0 Å². The largest absolute Gasteiger partial charge is 0.387 e. The molecule has 0 radical (unpaired) electrons. The van der Waals surface area contributed by atoms with Gasteiger partial charge in [-0.05, 0) is 12.8 Å². The second kappa shape index (κ2) is 6.34. The highest BCUT2D eigenvalue weighted by Crippen LogP contribution is 1.96. The van der Waals surface area contributed by atoms with Crippen molar-refractivity contribution in [3.05, 3.63) is 0 Å². The van der Waals surface area contributed by atoms with E-state index in [1.807, 2.05) is 0 Å². The number of esters is 2. The summed E-state index contributed by atoms with van der Waals surface area (Å²) in [6, 6.07) is 0. The van der Waals surface area contributed by atoms with Crippen LogP contribution >= 0.6 is 0 Å². The van der Waals surface area contributed by atoms with Gasteiger partial charge in [0.1, 0.15) is 0 Å². The number of ketones is 1. The number of carbonyl (C=O) groups is 3. The molecule has 0 fully saturated rings. The van der Waals surface area contributed by atoms with Gasteiger partial charge in [-0.1, -0.05) is 13.8 Å². The van der Waals surface area contributed by atoms with Gasteiger partial charge in [0.2, 0.25) is 5.78 Å². The minimum Gasteiger partial charge on any atom is -0.387 e. The summed E-state index contributed by atoms with van der Waals surface area (Å²) in [6.07, 6.45) is 1.49. The lowest BCUT2D eigenvalue weighted by Crippen LogP contribution is -2.20. The van der Waals surface area contributed by atoms with Crippen molar-refractivity contribution in [2.24, 2.45) is 0 Å². The maximum absolute atomic E-state index is 10.9.